The lowest BCUT2D eigenvalue weighted by Crippen LogP contribution is -2.48. The van der Waals surface area contributed by atoms with Gasteiger partial charge >= 0.3 is 0 Å². The molecule has 0 atom stereocenters. The summed E-state index contributed by atoms with van der Waals surface area (Å²) in [4.78, 5) is 23.7. The highest BCUT2D eigenvalue weighted by Crippen LogP contribution is 2.26. The Bertz CT molecular complexity index is 628. The van der Waals surface area contributed by atoms with Gasteiger partial charge in [-0.25, -0.2) is 0 Å². The SMILES string of the molecule is CCCCOc1ccc(C(=O)NC(=S)NNC(=O)CCOCC)cc1Br. The number of hydrogen-bond donors (Lipinski definition) is 3. The Morgan fingerprint density at radius 3 is 2.62 bits per heavy atom. The summed E-state index contributed by atoms with van der Waals surface area (Å²) in [5, 5.41) is 2.49. The van der Waals surface area contributed by atoms with E-state index in [4.69, 9.17) is 21.7 Å². The van der Waals surface area contributed by atoms with Crippen LogP contribution in [0.3, 0.4) is 0 Å². The molecule has 1 aromatic carbocycles. The second kappa shape index (κ2) is 12.6. The van der Waals surface area contributed by atoms with E-state index < -0.39 is 5.91 Å². The second-order valence-corrected chi connectivity index (χ2v) is 6.51. The molecule has 0 fully saturated rings. The summed E-state index contributed by atoms with van der Waals surface area (Å²) in [7, 11) is 0. The van der Waals surface area contributed by atoms with Gasteiger partial charge in [0.05, 0.1) is 24.1 Å². The second-order valence-electron chi connectivity index (χ2n) is 5.25. The predicted octanol–water partition coefficient (Wildman–Crippen LogP) is 2.69. The number of ether oxygens (including phenoxy) is 2. The van der Waals surface area contributed by atoms with Gasteiger partial charge in [0.2, 0.25) is 5.91 Å². The van der Waals surface area contributed by atoms with Gasteiger partial charge in [-0.05, 0) is 59.7 Å². The summed E-state index contributed by atoms with van der Waals surface area (Å²) in [6.07, 6.45) is 2.21. The molecular formula is C17H24BrN3O4S. The highest BCUT2D eigenvalue weighted by atomic mass is 79.9. The van der Waals surface area contributed by atoms with Crippen LogP contribution in [0.5, 0.6) is 5.75 Å². The minimum absolute atomic E-state index is 0.000783. The Hall–Kier alpha value is -1.71. The Balaban J connectivity index is 2.45. The molecule has 0 saturated heterocycles. The zero-order valence-electron chi connectivity index (χ0n) is 14.9. The summed E-state index contributed by atoms with van der Waals surface area (Å²) in [5.74, 6) is -0.00416. The molecule has 1 aromatic rings. The van der Waals surface area contributed by atoms with Crippen molar-refractivity contribution in [3.63, 3.8) is 0 Å². The van der Waals surface area contributed by atoms with Crippen LogP contribution in [-0.2, 0) is 9.53 Å². The minimum Gasteiger partial charge on any atom is -0.492 e. The summed E-state index contributed by atoms with van der Waals surface area (Å²) >= 11 is 8.38. The molecule has 1 rings (SSSR count). The molecule has 0 aliphatic carbocycles. The van der Waals surface area contributed by atoms with E-state index in [1.54, 1.807) is 18.2 Å². The lowest BCUT2D eigenvalue weighted by atomic mass is 10.2. The molecule has 0 bridgehead atoms. The topological polar surface area (TPSA) is 88.7 Å². The molecule has 0 saturated carbocycles. The highest BCUT2D eigenvalue weighted by molar-refractivity contribution is 9.10. The van der Waals surface area contributed by atoms with Gasteiger partial charge in [-0.2, -0.15) is 0 Å². The minimum atomic E-state index is -0.396. The van der Waals surface area contributed by atoms with Crippen LogP contribution in [0.1, 0.15) is 43.5 Å². The van der Waals surface area contributed by atoms with Crippen molar-refractivity contribution in [3.8, 4) is 5.75 Å². The van der Waals surface area contributed by atoms with Gasteiger partial charge in [0, 0.05) is 12.2 Å². The maximum absolute atomic E-state index is 12.2. The molecule has 2 amide bonds. The first-order valence-electron chi connectivity index (χ1n) is 8.38. The number of thiocarbonyl (C=S) groups is 1. The first-order chi connectivity index (χ1) is 12.5. The van der Waals surface area contributed by atoms with Crippen LogP contribution >= 0.6 is 28.1 Å². The summed E-state index contributed by atoms with van der Waals surface area (Å²) in [5.41, 5.74) is 5.28. The molecular weight excluding hydrogens is 422 g/mol. The third kappa shape index (κ3) is 8.59. The first-order valence-corrected chi connectivity index (χ1v) is 9.58. The molecule has 7 nitrogen and oxygen atoms in total. The Labute approximate surface area is 167 Å². The molecule has 26 heavy (non-hydrogen) atoms. The number of hydrogen-bond acceptors (Lipinski definition) is 5. The van der Waals surface area contributed by atoms with Crippen molar-refractivity contribution in [2.24, 2.45) is 0 Å². The predicted molar refractivity (Wildman–Crippen MR) is 107 cm³/mol. The van der Waals surface area contributed by atoms with Crippen LogP contribution in [0.15, 0.2) is 22.7 Å². The zero-order chi connectivity index (χ0) is 19.4. The van der Waals surface area contributed by atoms with Crippen LogP contribution in [0, 0.1) is 0 Å². The van der Waals surface area contributed by atoms with Crippen molar-refractivity contribution < 1.29 is 19.1 Å². The van der Waals surface area contributed by atoms with E-state index in [1.165, 1.54) is 0 Å². The average Bonchev–Trinajstić information content (AvgIpc) is 2.61. The molecule has 0 heterocycles. The van der Waals surface area contributed by atoms with E-state index in [9.17, 15) is 9.59 Å². The fourth-order valence-electron chi connectivity index (χ4n) is 1.79. The van der Waals surface area contributed by atoms with Gasteiger partial charge in [-0.1, -0.05) is 13.3 Å². The lowest BCUT2D eigenvalue weighted by Gasteiger charge is -2.12. The lowest BCUT2D eigenvalue weighted by molar-refractivity contribution is -0.122. The maximum atomic E-state index is 12.2. The van der Waals surface area contributed by atoms with Gasteiger partial charge < -0.3 is 9.47 Å². The standard InChI is InChI=1S/C17H24BrN3O4S/c1-3-5-9-25-14-7-6-12(11-13(14)18)16(23)19-17(26)21-20-15(22)8-10-24-4-2/h6-7,11H,3-5,8-10H2,1-2H3,(H,20,22)(H2,19,21,23,26). The Morgan fingerprint density at radius 2 is 1.96 bits per heavy atom. The number of halogens is 1. The van der Waals surface area contributed by atoms with Crippen molar-refractivity contribution in [1.82, 2.24) is 16.2 Å². The number of carbonyl (C=O) groups excluding carboxylic acids is 2. The number of carbonyl (C=O) groups is 2. The number of benzene rings is 1. The Morgan fingerprint density at radius 1 is 1.19 bits per heavy atom. The van der Waals surface area contributed by atoms with Crippen LogP contribution < -0.4 is 20.9 Å². The van der Waals surface area contributed by atoms with E-state index in [0.29, 0.717) is 35.6 Å². The van der Waals surface area contributed by atoms with Gasteiger partial charge in [0.1, 0.15) is 5.75 Å². The quantitative estimate of drug-likeness (QED) is 0.307. The molecule has 0 spiro atoms. The van der Waals surface area contributed by atoms with Crippen LogP contribution in [-0.4, -0.2) is 36.7 Å². The number of rotatable bonds is 9. The largest absolute Gasteiger partial charge is 0.492 e. The fraction of sp³-hybridized carbons (Fsp3) is 0.471. The highest BCUT2D eigenvalue weighted by Gasteiger charge is 2.11. The summed E-state index contributed by atoms with van der Waals surface area (Å²) < 4.78 is 11.4. The van der Waals surface area contributed by atoms with Gasteiger partial charge in [-0.15, -0.1) is 0 Å². The van der Waals surface area contributed by atoms with E-state index in [0.717, 1.165) is 12.8 Å². The molecule has 0 aromatic heterocycles. The molecule has 144 valence electrons. The first kappa shape index (κ1) is 22.3. The molecule has 0 radical (unpaired) electrons. The molecule has 0 unspecified atom stereocenters. The average molecular weight is 446 g/mol. The molecule has 0 aliphatic heterocycles. The third-order valence-electron chi connectivity index (χ3n) is 3.17. The number of nitrogens with one attached hydrogen (secondary N) is 3. The van der Waals surface area contributed by atoms with Gasteiger partial charge in [0.25, 0.3) is 5.91 Å². The number of hydrazine groups is 1. The van der Waals surface area contributed by atoms with Crippen molar-refractivity contribution in [3.05, 3.63) is 28.2 Å². The molecule has 9 heteroatoms. The van der Waals surface area contributed by atoms with Crippen LogP contribution in [0.25, 0.3) is 0 Å². The van der Waals surface area contributed by atoms with E-state index in [1.807, 2.05) is 6.92 Å². The summed E-state index contributed by atoms with van der Waals surface area (Å²) in [6, 6.07) is 5.02. The fourth-order valence-corrected chi connectivity index (χ4v) is 2.43. The zero-order valence-corrected chi connectivity index (χ0v) is 17.3. The normalized spacial score (nSPS) is 10.1. The van der Waals surface area contributed by atoms with Crippen LogP contribution in [0.2, 0.25) is 0 Å². The van der Waals surface area contributed by atoms with E-state index in [-0.39, 0.29) is 17.4 Å². The van der Waals surface area contributed by atoms with Crippen molar-refractivity contribution in [2.45, 2.75) is 33.1 Å². The maximum Gasteiger partial charge on any atom is 0.257 e. The van der Waals surface area contributed by atoms with Crippen molar-refractivity contribution >= 4 is 45.1 Å². The van der Waals surface area contributed by atoms with E-state index in [2.05, 4.69) is 39.0 Å². The third-order valence-corrected chi connectivity index (χ3v) is 3.99. The summed E-state index contributed by atoms with van der Waals surface area (Å²) in [6.45, 7) is 5.43. The monoisotopic (exact) mass is 445 g/mol. The number of unbranched alkanes of at least 4 members (excludes halogenated alkanes) is 1. The smallest absolute Gasteiger partial charge is 0.257 e. The molecule has 0 aliphatic rings. The Kier molecular flexibility index (Phi) is 10.8. The molecule has 3 N–H and O–H groups in total. The number of amides is 2. The van der Waals surface area contributed by atoms with Crippen molar-refractivity contribution in [2.75, 3.05) is 19.8 Å². The van der Waals surface area contributed by atoms with Gasteiger partial charge in [-0.3, -0.25) is 25.8 Å². The van der Waals surface area contributed by atoms with Crippen molar-refractivity contribution in [1.29, 1.82) is 0 Å². The van der Waals surface area contributed by atoms with Crippen LogP contribution in [0.4, 0.5) is 0 Å². The van der Waals surface area contributed by atoms with Gasteiger partial charge in [0.15, 0.2) is 5.11 Å². The van der Waals surface area contributed by atoms with E-state index >= 15 is 0 Å².